The van der Waals surface area contributed by atoms with E-state index in [1.165, 1.54) is 4.31 Å². The van der Waals surface area contributed by atoms with Gasteiger partial charge in [-0.25, -0.2) is 4.98 Å². The zero-order chi connectivity index (χ0) is 18.6. The van der Waals surface area contributed by atoms with Crippen molar-refractivity contribution in [1.29, 1.82) is 0 Å². The number of morpholine rings is 1. The van der Waals surface area contributed by atoms with E-state index in [0.29, 0.717) is 32.0 Å². The second-order valence-electron chi connectivity index (χ2n) is 6.28. The molecule has 1 aliphatic rings. The van der Waals surface area contributed by atoms with Crippen LogP contribution in [0.15, 0.2) is 18.2 Å². The van der Waals surface area contributed by atoms with Crippen molar-refractivity contribution in [3.63, 3.8) is 0 Å². The first kappa shape index (κ1) is 19.3. The fraction of sp³-hybridized carbons (Fsp3) is 0.588. The molecule has 0 atom stereocenters. The lowest BCUT2D eigenvalue weighted by Crippen LogP contribution is -2.37. The molecule has 26 heavy (non-hydrogen) atoms. The fourth-order valence-electron chi connectivity index (χ4n) is 2.93. The van der Waals surface area contributed by atoms with E-state index in [4.69, 9.17) is 4.74 Å². The van der Waals surface area contributed by atoms with Crippen LogP contribution in [0.1, 0.15) is 26.7 Å². The Bertz CT molecular complexity index is 826. The lowest BCUT2D eigenvalue weighted by Gasteiger charge is -2.25. The van der Waals surface area contributed by atoms with Crippen molar-refractivity contribution in [2.45, 2.75) is 26.7 Å². The molecule has 2 aromatic rings. The minimum atomic E-state index is -3.54. The third kappa shape index (κ3) is 4.46. The number of rotatable bonds is 8. The van der Waals surface area contributed by atoms with Crippen LogP contribution in [0.4, 0.5) is 10.8 Å². The van der Waals surface area contributed by atoms with Gasteiger partial charge in [-0.2, -0.15) is 12.7 Å². The molecule has 1 fully saturated rings. The lowest BCUT2D eigenvalue weighted by atomic mass is 10.3. The molecule has 3 rings (SSSR count). The van der Waals surface area contributed by atoms with Crippen LogP contribution < -0.4 is 9.62 Å². The van der Waals surface area contributed by atoms with Gasteiger partial charge in [-0.1, -0.05) is 25.2 Å². The summed E-state index contributed by atoms with van der Waals surface area (Å²) in [6.07, 6.45) is 1.58. The number of thiazole rings is 1. The van der Waals surface area contributed by atoms with Gasteiger partial charge in [0.15, 0.2) is 5.13 Å². The van der Waals surface area contributed by atoms with E-state index < -0.39 is 10.2 Å². The van der Waals surface area contributed by atoms with Crippen molar-refractivity contribution in [1.82, 2.24) is 9.29 Å². The van der Waals surface area contributed by atoms with Crippen LogP contribution in [0.25, 0.3) is 10.2 Å². The maximum absolute atomic E-state index is 12.6. The summed E-state index contributed by atoms with van der Waals surface area (Å²) in [4.78, 5) is 6.88. The molecule has 9 heteroatoms. The molecule has 0 bridgehead atoms. The molecular weight excluding hydrogens is 372 g/mol. The summed E-state index contributed by atoms with van der Waals surface area (Å²) in [5, 5.41) is 0.960. The summed E-state index contributed by atoms with van der Waals surface area (Å²) in [5.41, 5.74) is 1.46. The van der Waals surface area contributed by atoms with Gasteiger partial charge in [0.2, 0.25) is 0 Å². The zero-order valence-electron chi connectivity index (χ0n) is 15.3. The van der Waals surface area contributed by atoms with Crippen molar-refractivity contribution in [2.24, 2.45) is 0 Å². The number of nitrogens with one attached hydrogen (secondary N) is 1. The molecule has 1 saturated heterocycles. The van der Waals surface area contributed by atoms with E-state index in [9.17, 15) is 8.42 Å². The Labute approximate surface area is 159 Å². The summed E-state index contributed by atoms with van der Waals surface area (Å²) in [5.74, 6) is 0. The first-order valence-electron chi connectivity index (χ1n) is 9.04. The Balaban J connectivity index is 1.79. The molecule has 0 amide bonds. The van der Waals surface area contributed by atoms with E-state index >= 15 is 0 Å². The number of nitrogens with zero attached hydrogens (tertiary/aromatic N) is 3. The number of anilines is 2. The van der Waals surface area contributed by atoms with Gasteiger partial charge in [-0.3, -0.25) is 4.72 Å². The molecule has 1 aliphatic heterocycles. The molecule has 0 aliphatic carbocycles. The third-order valence-corrected chi connectivity index (χ3v) is 6.81. The van der Waals surface area contributed by atoms with Gasteiger partial charge in [0, 0.05) is 26.2 Å². The monoisotopic (exact) mass is 398 g/mol. The summed E-state index contributed by atoms with van der Waals surface area (Å²) in [7, 11) is -3.54. The number of fused-ring (bicyclic) bond motifs is 1. The molecule has 0 saturated carbocycles. The molecule has 1 aromatic carbocycles. The first-order chi connectivity index (χ1) is 12.5. The Morgan fingerprint density at radius 3 is 2.58 bits per heavy atom. The normalized spacial score (nSPS) is 15.7. The quantitative estimate of drug-likeness (QED) is 0.740. The Morgan fingerprint density at radius 2 is 1.92 bits per heavy atom. The van der Waals surface area contributed by atoms with E-state index in [0.717, 1.165) is 41.3 Å². The number of benzene rings is 1. The Kier molecular flexibility index (Phi) is 6.33. The highest BCUT2D eigenvalue weighted by molar-refractivity contribution is 7.90. The van der Waals surface area contributed by atoms with Gasteiger partial charge in [0.25, 0.3) is 0 Å². The van der Waals surface area contributed by atoms with Crippen LogP contribution in [-0.2, 0) is 14.9 Å². The number of ether oxygens (including phenoxy) is 1. The number of hydrogen-bond donors (Lipinski definition) is 1. The lowest BCUT2D eigenvalue weighted by molar-refractivity contribution is 0.122. The molecule has 144 valence electrons. The third-order valence-electron chi connectivity index (χ3n) is 4.19. The fourth-order valence-corrected chi connectivity index (χ4v) is 5.39. The molecule has 0 spiro atoms. The summed E-state index contributed by atoms with van der Waals surface area (Å²) in [6, 6.07) is 5.51. The first-order valence-corrected chi connectivity index (χ1v) is 11.3. The Hall–Kier alpha value is -1.42. The molecule has 1 N–H and O–H groups in total. The highest BCUT2D eigenvalue weighted by Gasteiger charge is 2.21. The average Bonchev–Trinajstić information content (AvgIpc) is 3.05. The van der Waals surface area contributed by atoms with Gasteiger partial charge < -0.3 is 9.64 Å². The van der Waals surface area contributed by atoms with Crippen molar-refractivity contribution < 1.29 is 13.2 Å². The summed E-state index contributed by atoms with van der Waals surface area (Å²) < 4.78 is 35.9. The van der Waals surface area contributed by atoms with Gasteiger partial charge in [0.1, 0.15) is 0 Å². The minimum absolute atomic E-state index is 0.521. The highest BCUT2D eigenvalue weighted by atomic mass is 32.2. The van der Waals surface area contributed by atoms with Gasteiger partial charge in [0.05, 0.1) is 29.1 Å². The van der Waals surface area contributed by atoms with Crippen molar-refractivity contribution in [3.8, 4) is 0 Å². The van der Waals surface area contributed by atoms with E-state index in [1.54, 1.807) is 17.4 Å². The molecule has 7 nitrogen and oxygen atoms in total. The standard InChI is InChI=1S/C17H26N4O3S2/c1-3-7-21(8-4-2)26(22,23)19-14-5-6-15-16(13-14)25-17(18-15)20-9-11-24-12-10-20/h5-6,13,19H,3-4,7-12H2,1-2H3. The molecule has 1 aromatic heterocycles. The average molecular weight is 399 g/mol. The van der Waals surface area contributed by atoms with E-state index in [-0.39, 0.29) is 0 Å². The van der Waals surface area contributed by atoms with Crippen LogP contribution >= 0.6 is 11.3 Å². The minimum Gasteiger partial charge on any atom is -0.378 e. The molecule has 0 radical (unpaired) electrons. The van der Waals surface area contributed by atoms with Crippen molar-refractivity contribution in [2.75, 3.05) is 49.0 Å². The zero-order valence-corrected chi connectivity index (χ0v) is 16.9. The van der Waals surface area contributed by atoms with E-state index in [2.05, 4.69) is 14.6 Å². The number of aromatic nitrogens is 1. The maximum atomic E-state index is 12.6. The van der Waals surface area contributed by atoms with Crippen molar-refractivity contribution in [3.05, 3.63) is 18.2 Å². The van der Waals surface area contributed by atoms with Crippen LogP contribution in [0, 0.1) is 0 Å². The topological polar surface area (TPSA) is 74.8 Å². The van der Waals surface area contributed by atoms with Gasteiger partial charge in [-0.05, 0) is 31.0 Å². The smallest absolute Gasteiger partial charge is 0.301 e. The summed E-state index contributed by atoms with van der Waals surface area (Å²) in [6.45, 7) is 8.10. The van der Waals surface area contributed by atoms with Crippen molar-refractivity contribution >= 4 is 42.6 Å². The second-order valence-corrected chi connectivity index (χ2v) is 8.96. The molecule has 0 unspecified atom stereocenters. The van der Waals surface area contributed by atoms with Crippen LogP contribution in [-0.4, -0.2) is 57.1 Å². The van der Waals surface area contributed by atoms with Crippen LogP contribution in [0.5, 0.6) is 0 Å². The highest BCUT2D eigenvalue weighted by Crippen LogP contribution is 2.31. The van der Waals surface area contributed by atoms with Crippen LogP contribution in [0.2, 0.25) is 0 Å². The molecular formula is C17H26N4O3S2. The Morgan fingerprint density at radius 1 is 1.23 bits per heavy atom. The second kappa shape index (κ2) is 8.51. The largest absolute Gasteiger partial charge is 0.378 e. The maximum Gasteiger partial charge on any atom is 0.301 e. The van der Waals surface area contributed by atoms with Gasteiger partial charge in [-0.15, -0.1) is 0 Å². The summed E-state index contributed by atoms with van der Waals surface area (Å²) >= 11 is 1.58. The predicted octanol–water partition coefficient (Wildman–Crippen LogP) is 2.91. The van der Waals surface area contributed by atoms with Crippen LogP contribution in [0.3, 0.4) is 0 Å². The predicted molar refractivity (Wildman–Crippen MR) is 107 cm³/mol. The SMILES string of the molecule is CCCN(CCC)S(=O)(=O)Nc1ccc2nc(N3CCOCC3)sc2c1. The molecule has 2 heterocycles. The van der Waals surface area contributed by atoms with E-state index in [1.807, 2.05) is 26.0 Å². The van der Waals surface area contributed by atoms with Gasteiger partial charge >= 0.3 is 10.2 Å². The number of hydrogen-bond acceptors (Lipinski definition) is 6.